The summed E-state index contributed by atoms with van der Waals surface area (Å²) in [6.45, 7) is 5.86. The fraction of sp³-hybridized carbons (Fsp3) is 0.935. The van der Waals surface area contributed by atoms with Crippen LogP contribution in [-0.2, 0) is 0 Å². The van der Waals surface area contributed by atoms with Gasteiger partial charge in [-0.3, -0.25) is 0 Å². The molecule has 0 aromatic rings. The molecule has 1 aliphatic rings. The van der Waals surface area contributed by atoms with Gasteiger partial charge in [-0.2, -0.15) is 0 Å². The van der Waals surface area contributed by atoms with Crippen molar-refractivity contribution in [3.05, 3.63) is 12.4 Å². The fourth-order valence-electron chi connectivity index (χ4n) is 5.34. The second-order valence-electron chi connectivity index (χ2n) is 10.9. The lowest BCUT2D eigenvalue weighted by atomic mass is 10.0. The zero-order valence-electron chi connectivity index (χ0n) is 23.3. The number of rotatable bonds is 25. The molecule has 0 saturated carbocycles. The molecule has 196 valence electrons. The SMILES string of the molecule is CCCCCCCCCCCCCCN1C=CN(C)C1CCCCCCCCCCCCC. The molecule has 1 unspecified atom stereocenters. The molecular formula is C31H62N2. The number of hydrogen-bond donors (Lipinski definition) is 0. The molecule has 0 aliphatic carbocycles. The van der Waals surface area contributed by atoms with Crippen LogP contribution in [0.1, 0.15) is 168 Å². The quantitative estimate of drug-likeness (QED) is 0.124. The summed E-state index contributed by atoms with van der Waals surface area (Å²) in [4.78, 5) is 5.06. The fourth-order valence-corrected chi connectivity index (χ4v) is 5.34. The second kappa shape index (κ2) is 23.1. The van der Waals surface area contributed by atoms with Crippen LogP contribution < -0.4 is 0 Å². The number of hydrogen-bond acceptors (Lipinski definition) is 2. The first-order valence-electron chi connectivity index (χ1n) is 15.5. The molecule has 1 atom stereocenters. The summed E-state index contributed by atoms with van der Waals surface area (Å²) in [6, 6.07) is 0. The molecule has 1 heterocycles. The monoisotopic (exact) mass is 462 g/mol. The standard InChI is InChI=1S/C31H62N2/c1-4-6-8-10-12-14-16-18-20-22-24-26-28-33-30-29-32(3)31(33)27-25-23-21-19-17-15-13-11-9-7-5-2/h29-31H,4-28H2,1-3H3. The van der Waals surface area contributed by atoms with Gasteiger partial charge >= 0.3 is 0 Å². The Balaban J connectivity index is 1.92. The molecule has 2 nitrogen and oxygen atoms in total. The predicted octanol–water partition coefficient (Wildman–Crippen LogP) is 10.4. The van der Waals surface area contributed by atoms with Crippen LogP contribution >= 0.6 is 0 Å². The van der Waals surface area contributed by atoms with Gasteiger partial charge in [0, 0.05) is 26.0 Å². The lowest BCUT2D eigenvalue weighted by molar-refractivity contribution is 0.159. The molecule has 0 aromatic heterocycles. The van der Waals surface area contributed by atoms with E-state index in [4.69, 9.17) is 0 Å². The van der Waals surface area contributed by atoms with E-state index in [2.05, 4.69) is 43.1 Å². The molecular weight excluding hydrogens is 400 g/mol. The highest BCUT2D eigenvalue weighted by molar-refractivity contribution is 4.95. The Bertz CT molecular complexity index is 419. The maximum absolute atomic E-state index is 2.62. The Hall–Kier alpha value is -0.660. The minimum absolute atomic E-state index is 0.622. The molecule has 33 heavy (non-hydrogen) atoms. The van der Waals surface area contributed by atoms with Gasteiger partial charge in [0.15, 0.2) is 0 Å². The van der Waals surface area contributed by atoms with E-state index in [0.29, 0.717) is 6.17 Å². The Labute approximate surface area is 210 Å². The van der Waals surface area contributed by atoms with Gasteiger partial charge in [-0.05, 0) is 19.3 Å². The van der Waals surface area contributed by atoms with E-state index >= 15 is 0 Å². The van der Waals surface area contributed by atoms with E-state index in [-0.39, 0.29) is 0 Å². The first-order valence-corrected chi connectivity index (χ1v) is 15.5. The smallest absolute Gasteiger partial charge is 0.100 e. The van der Waals surface area contributed by atoms with Crippen LogP contribution in [0.5, 0.6) is 0 Å². The Morgan fingerprint density at radius 3 is 1.24 bits per heavy atom. The first-order chi connectivity index (χ1) is 16.3. The van der Waals surface area contributed by atoms with Crippen LogP contribution in [0.15, 0.2) is 12.4 Å². The van der Waals surface area contributed by atoms with Crippen molar-refractivity contribution in [2.45, 2.75) is 174 Å². The van der Waals surface area contributed by atoms with Gasteiger partial charge in [0.25, 0.3) is 0 Å². The Morgan fingerprint density at radius 2 is 0.818 bits per heavy atom. The van der Waals surface area contributed by atoms with E-state index in [0.717, 1.165) is 0 Å². The van der Waals surface area contributed by atoms with E-state index in [1.54, 1.807) is 0 Å². The van der Waals surface area contributed by atoms with Gasteiger partial charge in [0.05, 0.1) is 0 Å². The minimum atomic E-state index is 0.622. The average Bonchev–Trinajstić information content (AvgIpc) is 3.17. The first kappa shape index (κ1) is 30.4. The lowest BCUT2D eigenvalue weighted by Crippen LogP contribution is -2.37. The molecule has 0 bridgehead atoms. The van der Waals surface area contributed by atoms with E-state index < -0.39 is 0 Å². The minimum Gasteiger partial charge on any atom is -0.359 e. The van der Waals surface area contributed by atoms with Crippen molar-refractivity contribution in [3.63, 3.8) is 0 Å². The molecule has 1 aliphatic heterocycles. The highest BCUT2D eigenvalue weighted by Gasteiger charge is 2.22. The average molecular weight is 463 g/mol. The van der Waals surface area contributed by atoms with Gasteiger partial charge in [-0.25, -0.2) is 0 Å². The zero-order valence-corrected chi connectivity index (χ0v) is 23.3. The second-order valence-corrected chi connectivity index (χ2v) is 10.9. The van der Waals surface area contributed by atoms with E-state index in [1.807, 2.05) is 0 Å². The summed E-state index contributed by atoms with van der Waals surface area (Å²) in [5.74, 6) is 0. The molecule has 0 fully saturated rings. The summed E-state index contributed by atoms with van der Waals surface area (Å²) < 4.78 is 0. The molecule has 1 rings (SSSR count). The van der Waals surface area contributed by atoms with Crippen molar-refractivity contribution in [2.75, 3.05) is 13.6 Å². The van der Waals surface area contributed by atoms with Crippen LogP contribution in [-0.4, -0.2) is 29.6 Å². The van der Waals surface area contributed by atoms with Crippen molar-refractivity contribution < 1.29 is 0 Å². The van der Waals surface area contributed by atoms with Crippen molar-refractivity contribution in [1.29, 1.82) is 0 Å². The molecule has 2 heteroatoms. The summed E-state index contributed by atoms with van der Waals surface area (Å²) in [5, 5.41) is 0. The Morgan fingerprint density at radius 1 is 0.455 bits per heavy atom. The van der Waals surface area contributed by atoms with Gasteiger partial charge in [0.1, 0.15) is 6.17 Å². The van der Waals surface area contributed by atoms with Crippen LogP contribution in [0, 0.1) is 0 Å². The summed E-state index contributed by atoms with van der Waals surface area (Å²) >= 11 is 0. The highest BCUT2D eigenvalue weighted by atomic mass is 15.4. The van der Waals surface area contributed by atoms with Crippen molar-refractivity contribution in [1.82, 2.24) is 9.80 Å². The third-order valence-electron chi connectivity index (χ3n) is 7.68. The van der Waals surface area contributed by atoms with Crippen LogP contribution in [0.3, 0.4) is 0 Å². The largest absolute Gasteiger partial charge is 0.359 e. The highest BCUT2D eigenvalue weighted by Crippen LogP contribution is 2.21. The maximum Gasteiger partial charge on any atom is 0.100 e. The Kier molecular flexibility index (Phi) is 21.3. The van der Waals surface area contributed by atoms with Crippen molar-refractivity contribution in [2.24, 2.45) is 0 Å². The van der Waals surface area contributed by atoms with E-state index in [1.165, 1.54) is 161 Å². The maximum atomic E-state index is 2.62. The summed E-state index contributed by atoms with van der Waals surface area (Å²) in [5.41, 5.74) is 0. The summed E-state index contributed by atoms with van der Waals surface area (Å²) in [7, 11) is 2.27. The topological polar surface area (TPSA) is 6.48 Å². The zero-order chi connectivity index (χ0) is 23.8. The molecule has 0 radical (unpaired) electrons. The van der Waals surface area contributed by atoms with E-state index in [9.17, 15) is 0 Å². The van der Waals surface area contributed by atoms with Gasteiger partial charge < -0.3 is 9.80 Å². The lowest BCUT2D eigenvalue weighted by Gasteiger charge is -2.30. The molecule has 0 amide bonds. The number of unbranched alkanes of at least 4 members (excludes halogenated alkanes) is 21. The molecule has 0 spiro atoms. The van der Waals surface area contributed by atoms with Gasteiger partial charge in [0.2, 0.25) is 0 Å². The predicted molar refractivity (Wildman–Crippen MR) is 150 cm³/mol. The van der Waals surface area contributed by atoms with Crippen molar-refractivity contribution >= 4 is 0 Å². The van der Waals surface area contributed by atoms with Gasteiger partial charge in [-0.1, -0.05) is 149 Å². The van der Waals surface area contributed by atoms with Crippen molar-refractivity contribution in [3.8, 4) is 0 Å². The van der Waals surface area contributed by atoms with Gasteiger partial charge in [-0.15, -0.1) is 0 Å². The normalized spacial score (nSPS) is 15.8. The van der Waals surface area contributed by atoms with Crippen LogP contribution in [0.2, 0.25) is 0 Å². The molecule has 0 saturated heterocycles. The van der Waals surface area contributed by atoms with Crippen LogP contribution in [0.25, 0.3) is 0 Å². The molecule has 0 N–H and O–H groups in total. The third-order valence-corrected chi connectivity index (χ3v) is 7.68. The number of nitrogens with zero attached hydrogens (tertiary/aromatic N) is 2. The summed E-state index contributed by atoms with van der Waals surface area (Å²) in [6.07, 6.45) is 39.7. The molecule has 0 aromatic carbocycles. The van der Waals surface area contributed by atoms with Crippen LogP contribution in [0.4, 0.5) is 0 Å². The third kappa shape index (κ3) is 17.4.